The van der Waals surface area contributed by atoms with Crippen molar-refractivity contribution in [2.45, 2.75) is 11.8 Å². The molecular formula is C14H24ClN5O3S. The number of hydrogen-bond acceptors (Lipinski definition) is 8. The maximum atomic E-state index is 12.1. The lowest BCUT2D eigenvalue weighted by Gasteiger charge is -2.30. The third kappa shape index (κ3) is 5.06. The van der Waals surface area contributed by atoms with Crippen LogP contribution in [0.15, 0.2) is 4.52 Å². The Kier molecular flexibility index (Phi) is 7.76. The molecule has 0 aliphatic carbocycles. The van der Waals surface area contributed by atoms with Gasteiger partial charge in [0.2, 0.25) is 11.8 Å². The van der Waals surface area contributed by atoms with Crippen LogP contribution in [0.25, 0.3) is 0 Å². The second-order valence-electron chi connectivity index (χ2n) is 5.73. The number of rotatable bonds is 5. The van der Waals surface area contributed by atoms with E-state index in [2.05, 4.69) is 27.4 Å². The van der Waals surface area contributed by atoms with E-state index >= 15 is 0 Å². The minimum Gasteiger partial charge on any atom is -0.378 e. The van der Waals surface area contributed by atoms with Gasteiger partial charge in [-0.05, 0) is 7.05 Å². The highest BCUT2D eigenvalue weighted by Crippen LogP contribution is 2.19. The molecule has 0 spiro atoms. The molecular weight excluding hydrogens is 354 g/mol. The lowest BCUT2D eigenvalue weighted by atomic mass is 10.2. The van der Waals surface area contributed by atoms with Crippen molar-refractivity contribution in [2.75, 3.05) is 58.7 Å². The van der Waals surface area contributed by atoms with Crippen molar-refractivity contribution in [3.05, 3.63) is 11.7 Å². The van der Waals surface area contributed by atoms with E-state index in [0.717, 1.165) is 25.5 Å². The largest absolute Gasteiger partial charge is 0.378 e. The van der Waals surface area contributed by atoms with Crippen molar-refractivity contribution in [1.82, 2.24) is 25.3 Å². The number of hydrogen-bond donors (Lipinski definition) is 1. The number of piperazine rings is 1. The van der Waals surface area contributed by atoms with Crippen molar-refractivity contribution in [3.63, 3.8) is 0 Å². The van der Waals surface area contributed by atoms with Crippen LogP contribution in [0.4, 0.5) is 0 Å². The molecule has 2 aliphatic heterocycles. The van der Waals surface area contributed by atoms with Crippen LogP contribution in [0.3, 0.4) is 0 Å². The maximum absolute atomic E-state index is 12.1. The summed E-state index contributed by atoms with van der Waals surface area (Å²) in [6.45, 7) is 5.42. The fraction of sp³-hybridized carbons (Fsp3) is 0.786. The molecule has 1 aromatic rings. The molecule has 8 nitrogen and oxygen atoms in total. The highest BCUT2D eigenvalue weighted by Gasteiger charge is 2.25. The SMILES string of the molecule is CN1CCNCC1c1noc(CSCC(=O)N2CCOCC2)n1.Cl. The molecule has 0 radical (unpaired) electrons. The third-order valence-corrected chi connectivity index (χ3v) is 5.01. The minimum absolute atomic E-state index is 0. The van der Waals surface area contributed by atoms with E-state index in [4.69, 9.17) is 9.26 Å². The third-order valence-electron chi connectivity index (χ3n) is 4.11. The Morgan fingerprint density at radius 2 is 2.17 bits per heavy atom. The van der Waals surface area contributed by atoms with Gasteiger partial charge in [-0.2, -0.15) is 4.98 Å². The second-order valence-corrected chi connectivity index (χ2v) is 6.72. The second kappa shape index (κ2) is 9.57. The van der Waals surface area contributed by atoms with E-state index in [1.807, 2.05) is 4.90 Å². The van der Waals surface area contributed by atoms with Gasteiger partial charge in [-0.25, -0.2) is 0 Å². The summed E-state index contributed by atoms with van der Waals surface area (Å²) in [5.41, 5.74) is 0. The first-order valence-corrected chi connectivity index (χ1v) is 9.06. The number of likely N-dealkylation sites (N-methyl/N-ethyl adjacent to an activating group) is 1. The van der Waals surface area contributed by atoms with Gasteiger partial charge in [0.25, 0.3) is 0 Å². The molecule has 3 rings (SSSR count). The van der Waals surface area contributed by atoms with Crippen molar-refractivity contribution in [2.24, 2.45) is 0 Å². The first-order chi connectivity index (χ1) is 11.2. The molecule has 1 aromatic heterocycles. The standard InChI is InChI=1S/C14H23N5O3S.ClH/c1-18-3-2-15-8-11(18)14-16-12(22-17-14)9-23-10-13(20)19-4-6-21-7-5-19;/h11,15H,2-10H2,1H3;1H. The summed E-state index contributed by atoms with van der Waals surface area (Å²) in [7, 11) is 2.07. The van der Waals surface area contributed by atoms with E-state index in [9.17, 15) is 4.79 Å². The normalized spacial score (nSPS) is 22.2. The number of halogens is 1. The number of thioether (sulfide) groups is 1. The van der Waals surface area contributed by atoms with Crippen LogP contribution >= 0.6 is 24.2 Å². The average molecular weight is 378 g/mol. The number of carbonyl (C=O) groups excluding carboxylic acids is 1. The van der Waals surface area contributed by atoms with Gasteiger partial charge in [-0.1, -0.05) is 5.16 Å². The number of aromatic nitrogens is 2. The topological polar surface area (TPSA) is 83.7 Å². The summed E-state index contributed by atoms with van der Waals surface area (Å²) < 4.78 is 10.6. The van der Waals surface area contributed by atoms with Crippen LogP contribution in [0, 0.1) is 0 Å². The number of carbonyl (C=O) groups is 1. The van der Waals surface area contributed by atoms with Gasteiger partial charge in [-0.3, -0.25) is 9.69 Å². The van der Waals surface area contributed by atoms with Crippen molar-refractivity contribution in [1.29, 1.82) is 0 Å². The molecule has 1 atom stereocenters. The summed E-state index contributed by atoms with van der Waals surface area (Å²) in [5.74, 6) is 2.44. The van der Waals surface area contributed by atoms with Crippen LogP contribution in [-0.4, -0.2) is 84.6 Å². The Balaban J connectivity index is 0.00000208. The molecule has 2 saturated heterocycles. The summed E-state index contributed by atoms with van der Waals surface area (Å²) in [5, 5.41) is 7.42. The first-order valence-electron chi connectivity index (χ1n) is 7.91. The van der Waals surface area contributed by atoms with E-state index in [1.165, 1.54) is 11.8 Å². The van der Waals surface area contributed by atoms with Gasteiger partial charge in [-0.15, -0.1) is 24.2 Å². The van der Waals surface area contributed by atoms with Crippen molar-refractivity contribution < 1.29 is 14.1 Å². The zero-order chi connectivity index (χ0) is 16.1. The highest BCUT2D eigenvalue weighted by atomic mass is 35.5. The van der Waals surface area contributed by atoms with Crippen LogP contribution in [0.2, 0.25) is 0 Å². The maximum Gasteiger partial charge on any atom is 0.236 e. The first kappa shape index (κ1) is 19.5. The van der Waals surface area contributed by atoms with Gasteiger partial charge < -0.3 is 19.5 Å². The smallest absolute Gasteiger partial charge is 0.236 e. The number of amides is 1. The van der Waals surface area contributed by atoms with Gasteiger partial charge in [0, 0.05) is 32.7 Å². The van der Waals surface area contributed by atoms with E-state index < -0.39 is 0 Å². The van der Waals surface area contributed by atoms with Crippen molar-refractivity contribution >= 4 is 30.1 Å². The molecule has 0 saturated carbocycles. The molecule has 0 aromatic carbocycles. The molecule has 10 heteroatoms. The summed E-state index contributed by atoms with van der Waals surface area (Å²) in [4.78, 5) is 20.6. The Hall–Kier alpha value is -0.870. The zero-order valence-electron chi connectivity index (χ0n) is 13.8. The minimum atomic E-state index is 0. The number of nitrogens with one attached hydrogen (secondary N) is 1. The van der Waals surface area contributed by atoms with Crippen LogP contribution in [0.1, 0.15) is 17.8 Å². The molecule has 1 N–H and O–H groups in total. The summed E-state index contributed by atoms with van der Waals surface area (Å²) >= 11 is 1.51. The van der Waals surface area contributed by atoms with Gasteiger partial charge in [0.15, 0.2) is 5.82 Å². The number of nitrogens with zero attached hydrogens (tertiary/aromatic N) is 4. The molecule has 2 aliphatic rings. The fourth-order valence-electron chi connectivity index (χ4n) is 2.69. The Bertz CT molecular complexity index is 526. The van der Waals surface area contributed by atoms with E-state index in [1.54, 1.807) is 0 Å². The lowest BCUT2D eigenvalue weighted by Crippen LogP contribution is -2.44. The lowest BCUT2D eigenvalue weighted by molar-refractivity contribution is -0.132. The Morgan fingerprint density at radius 1 is 1.38 bits per heavy atom. The van der Waals surface area contributed by atoms with Crippen LogP contribution < -0.4 is 5.32 Å². The Morgan fingerprint density at radius 3 is 2.92 bits per heavy atom. The van der Waals surface area contributed by atoms with Gasteiger partial charge in [0.05, 0.1) is 30.8 Å². The van der Waals surface area contributed by atoms with E-state index in [0.29, 0.717) is 43.7 Å². The summed E-state index contributed by atoms with van der Waals surface area (Å²) in [6.07, 6.45) is 0. The van der Waals surface area contributed by atoms with Crippen LogP contribution in [-0.2, 0) is 15.3 Å². The molecule has 3 heterocycles. The molecule has 1 amide bonds. The average Bonchev–Trinajstić information content (AvgIpc) is 3.04. The molecule has 0 bridgehead atoms. The molecule has 2 fully saturated rings. The predicted octanol–water partition coefficient (Wildman–Crippen LogP) is 0.160. The number of ether oxygens (including phenoxy) is 1. The van der Waals surface area contributed by atoms with Gasteiger partial charge in [0.1, 0.15) is 0 Å². The monoisotopic (exact) mass is 377 g/mol. The summed E-state index contributed by atoms with van der Waals surface area (Å²) in [6, 6.07) is 0.154. The molecule has 24 heavy (non-hydrogen) atoms. The Labute approximate surface area is 152 Å². The number of morpholine rings is 1. The quantitative estimate of drug-likeness (QED) is 0.776. The van der Waals surface area contributed by atoms with Gasteiger partial charge >= 0.3 is 0 Å². The van der Waals surface area contributed by atoms with Crippen molar-refractivity contribution in [3.8, 4) is 0 Å². The zero-order valence-corrected chi connectivity index (χ0v) is 15.4. The fourth-order valence-corrected chi connectivity index (χ4v) is 3.44. The van der Waals surface area contributed by atoms with E-state index in [-0.39, 0.29) is 24.4 Å². The molecule has 1 unspecified atom stereocenters. The van der Waals surface area contributed by atoms with Crippen LogP contribution in [0.5, 0.6) is 0 Å². The molecule has 136 valence electrons. The predicted molar refractivity (Wildman–Crippen MR) is 93.3 cm³/mol. The highest BCUT2D eigenvalue weighted by molar-refractivity contribution is 7.99.